The van der Waals surface area contributed by atoms with Crippen molar-refractivity contribution in [3.05, 3.63) is 39.8 Å². The number of hydrogen-bond acceptors (Lipinski definition) is 3. The van der Waals surface area contributed by atoms with Gasteiger partial charge >= 0.3 is 5.97 Å². The Kier molecular flexibility index (Phi) is 3.09. The van der Waals surface area contributed by atoms with Crippen molar-refractivity contribution in [3.8, 4) is 5.82 Å². The molecular weight excluding hydrogens is 254 g/mol. The minimum Gasteiger partial charge on any atom is -0.478 e. The monoisotopic (exact) mass is 265 g/mol. The Bertz CT molecular complexity index is 634. The number of aromatic carboxylic acids is 1. The molecule has 0 bridgehead atoms. The Hall–Kier alpha value is -1.88. The van der Waals surface area contributed by atoms with Crippen LogP contribution >= 0.6 is 11.6 Å². The minimum absolute atomic E-state index is 0.0203. The predicted octanol–water partition coefficient (Wildman–Crippen LogP) is 2.54. The van der Waals surface area contributed by atoms with Crippen LogP contribution in [0.1, 0.15) is 27.3 Å². The normalized spacial score (nSPS) is 10.7. The van der Waals surface area contributed by atoms with Gasteiger partial charge in [0, 0.05) is 11.9 Å². The molecule has 0 aliphatic rings. The van der Waals surface area contributed by atoms with E-state index >= 15 is 0 Å². The Morgan fingerprint density at radius 2 is 2.06 bits per heavy atom. The maximum absolute atomic E-state index is 11.0. The van der Waals surface area contributed by atoms with Crippen molar-refractivity contribution in [2.45, 2.75) is 20.8 Å². The van der Waals surface area contributed by atoms with Crippen LogP contribution in [0.2, 0.25) is 5.02 Å². The number of aryl methyl sites for hydroxylation is 1. The molecule has 1 N–H and O–H groups in total. The number of halogens is 1. The summed E-state index contributed by atoms with van der Waals surface area (Å²) >= 11 is 6.07. The zero-order valence-corrected chi connectivity index (χ0v) is 11.0. The molecule has 0 saturated heterocycles. The summed E-state index contributed by atoms with van der Waals surface area (Å²) in [4.78, 5) is 15.1. The molecule has 5 nitrogen and oxygen atoms in total. The molecule has 2 heterocycles. The highest BCUT2D eigenvalue weighted by Gasteiger charge is 2.17. The Morgan fingerprint density at radius 1 is 1.39 bits per heavy atom. The third kappa shape index (κ3) is 1.86. The van der Waals surface area contributed by atoms with Gasteiger partial charge in [-0.05, 0) is 32.4 Å². The fraction of sp³-hybridized carbons (Fsp3) is 0.250. The third-order valence-electron chi connectivity index (χ3n) is 2.95. The van der Waals surface area contributed by atoms with Gasteiger partial charge in [-0.15, -0.1) is 0 Å². The molecule has 2 aromatic heterocycles. The van der Waals surface area contributed by atoms with Crippen molar-refractivity contribution in [1.29, 1.82) is 0 Å². The molecule has 6 heteroatoms. The first-order chi connectivity index (χ1) is 8.43. The van der Waals surface area contributed by atoms with Gasteiger partial charge in [0.15, 0.2) is 5.82 Å². The third-order valence-corrected chi connectivity index (χ3v) is 3.33. The summed E-state index contributed by atoms with van der Waals surface area (Å²) in [6.45, 7) is 5.72. The van der Waals surface area contributed by atoms with E-state index < -0.39 is 5.97 Å². The van der Waals surface area contributed by atoms with E-state index in [-0.39, 0.29) is 10.6 Å². The number of pyridine rings is 1. The van der Waals surface area contributed by atoms with E-state index in [1.54, 1.807) is 4.68 Å². The molecule has 0 radical (unpaired) electrons. The highest BCUT2D eigenvalue weighted by atomic mass is 35.5. The lowest BCUT2D eigenvalue weighted by Crippen LogP contribution is -2.07. The maximum atomic E-state index is 11.0. The summed E-state index contributed by atoms with van der Waals surface area (Å²) in [6, 6.07) is 1.37. The van der Waals surface area contributed by atoms with Crippen LogP contribution in [-0.2, 0) is 0 Å². The molecule has 2 rings (SSSR count). The first-order valence-corrected chi connectivity index (χ1v) is 5.72. The minimum atomic E-state index is -1.08. The number of rotatable bonds is 2. The van der Waals surface area contributed by atoms with Crippen molar-refractivity contribution in [2.75, 3.05) is 0 Å². The fourth-order valence-corrected chi connectivity index (χ4v) is 1.95. The molecule has 94 valence electrons. The van der Waals surface area contributed by atoms with Crippen LogP contribution in [0.5, 0.6) is 0 Å². The molecule has 0 unspecified atom stereocenters. The summed E-state index contributed by atoms with van der Waals surface area (Å²) < 4.78 is 1.57. The zero-order chi connectivity index (χ0) is 13.4. The predicted molar refractivity (Wildman–Crippen MR) is 67.5 cm³/mol. The topological polar surface area (TPSA) is 68.0 Å². The number of carbonyl (C=O) groups is 1. The highest BCUT2D eigenvalue weighted by Crippen LogP contribution is 2.24. The van der Waals surface area contributed by atoms with E-state index in [9.17, 15) is 4.79 Å². The second-order valence-corrected chi connectivity index (χ2v) is 4.39. The number of carboxylic acid groups (broad SMARTS) is 1. The number of hydrogen-bond donors (Lipinski definition) is 1. The summed E-state index contributed by atoms with van der Waals surface area (Å²) in [5, 5.41) is 13.4. The molecule has 0 aliphatic carbocycles. The van der Waals surface area contributed by atoms with Crippen LogP contribution < -0.4 is 0 Å². The highest BCUT2D eigenvalue weighted by molar-refractivity contribution is 6.35. The summed E-state index contributed by atoms with van der Waals surface area (Å²) in [7, 11) is 0. The largest absolute Gasteiger partial charge is 0.478 e. The van der Waals surface area contributed by atoms with Crippen molar-refractivity contribution < 1.29 is 9.90 Å². The Morgan fingerprint density at radius 3 is 2.56 bits per heavy atom. The standard InChI is InChI=1S/C12H12ClN3O2/c1-6-7(2)15-16(8(6)3)11-10(13)9(12(17)18)4-5-14-11/h4-5H,1-3H3,(H,17,18). The van der Waals surface area contributed by atoms with Crippen LogP contribution in [0.4, 0.5) is 0 Å². The summed E-state index contributed by atoms with van der Waals surface area (Å²) in [5.41, 5.74) is 2.82. The van der Waals surface area contributed by atoms with Gasteiger partial charge in [0.1, 0.15) is 0 Å². The molecule has 0 atom stereocenters. The Balaban J connectivity index is 2.68. The van der Waals surface area contributed by atoms with Gasteiger partial charge in [0.25, 0.3) is 0 Å². The van der Waals surface area contributed by atoms with Crippen LogP contribution in [-0.4, -0.2) is 25.8 Å². The van der Waals surface area contributed by atoms with Gasteiger partial charge in [-0.3, -0.25) is 0 Å². The van der Waals surface area contributed by atoms with Crippen molar-refractivity contribution in [3.63, 3.8) is 0 Å². The van der Waals surface area contributed by atoms with Gasteiger partial charge in [0.05, 0.1) is 16.3 Å². The van der Waals surface area contributed by atoms with Gasteiger partial charge in [-0.1, -0.05) is 11.6 Å². The molecule has 0 saturated carbocycles. The lowest BCUT2D eigenvalue weighted by atomic mass is 10.2. The van der Waals surface area contributed by atoms with E-state index in [1.807, 2.05) is 20.8 Å². The fourth-order valence-electron chi connectivity index (χ4n) is 1.67. The van der Waals surface area contributed by atoms with Crippen LogP contribution in [0.3, 0.4) is 0 Å². The Labute approximate surface area is 109 Å². The van der Waals surface area contributed by atoms with Crippen molar-refractivity contribution >= 4 is 17.6 Å². The van der Waals surface area contributed by atoms with E-state index in [4.69, 9.17) is 16.7 Å². The average molecular weight is 266 g/mol. The first kappa shape index (κ1) is 12.6. The number of nitrogens with zero attached hydrogens (tertiary/aromatic N) is 3. The molecule has 0 spiro atoms. The zero-order valence-electron chi connectivity index (χ0n) is 10.2. The summed E-state index contributed by atoms with van der Waals surface area (Å²) in [6.07, 6.45) is 1.41. The van der Waals surface area contributed by atoms with Gasteiger partial charge in [-0.2, -0.15) is 5.10 Å². The second kappa shape index (κ2) is 4.42. The van der Waals surface area contributed by atoms with E-state index in [1.165, 1.54) is 12.3 Å². The quantitative estimate of drug-likeness (QED) is 0.906. The average Bonchev–Trinajstić information content (AvgIpc) is 2.57. The number of carboxylic acids is 1. The van der Waals surface area contributed by atoms with Crippen LogP contribution in [0, 0.1) is 20.8 Å². The molecule has 0 aliphatic heterocycles. The van der Waals surface area contributed by atoms with Crippen LogP contribution in [0.25, 0.3) is 5.82 Å². The summed E-state index contributed by atoms with van der Waals surface area (Å²) in [5.74, 6) is -0.743. The van der Waals surface area contributed by atoms with Gasteiger partial charge in [-0.25, -0.2) is 14.5 Å². The van der Waals surface area contributed by atoms with E-state index in [0.29, 0.717) is 5.82 Å². The molecule has 18 heavy (non-hydrogen) atoms. The lowest BCUT2D eigenvalue weighted by Gasteiger charge is -2.07. The number of aromatic nitrogens is 3. The molecule has 2 aromatic rings. The second-order valence-electron chi connectivity index (χ2n) is 4.01. The van der Waals surface area contributed by atoms with Crippen molar-refractivity contribution in [1.82, 2.24) is 14.8 Å². The SMILES string of the molecule is Cc1nn(-c2nccc(C(=O)O)c2Cl)c(C)c1C. The first-order valence-electron chi connectivity index (χ1n) is 5.34. The van der Waals surface area contributed by atoms with E-state index in [0.717, 1.165) is 17.0 Å². The molecule has 0 aromatic carbocycles. The molecule has 0 fully saturated rings. The smallest absolute Gasteiger partial charge is 0.337 e. The maximum Gasteiger partial charge on any atom is 0.337 e. The van der Waals surface area contributed by atoms with Crippen molar-refractivity contribution in [2.24, 2.45) is 0 Å². The van der Waals surface area contributed by atoms with Gasteiger partial charge in [0.2, 0.25) is 0 Å². The van der Waals surface area contributed by atoms with Gasteiger partial charge < -0.3 is 5.11 Å². The lowest BCUT2D eigenvalue weighted by molar-refractivity contribution is 0.0697. The van der Waals surface area contributed by atoms with E-state index in [2.05, 4.69) is 10.1 Å². The van der Waals surface area contributed by atoms with Crippen LogP contribution in [0.15, 0.2) is 12.3 Å². The molecular formula is C12H12ClN3O2. The molecule has 0 amide bonds.